The molecule has 0 spiro atoms. The van der Waals surface area contributed by atoms with Crippen LogP contribution in [0.5, 0.6) is 0 Å². The summed E-state index contributed by atoms with van der Waals surface area (Å²) in [5.41, 5.74) is -4.07. The average Bonchev–Trinajstić information content (AvgIpc) is 2.52. The van der Waals surface area contributed by atoms with E-state index in [1.165, 1.54) is 24.3 Å². The molecular formula is C20H20ClF3O3. The number of halogens is 4. The third-order valence-electron chi connectivity index (χ3n) is 3.81. The Hall–Kier alpha value is -2.05. The Kier molecular flexibility index (Phi) is 5.92. The van der Waals surface area contributed by atoms with E-state index < -0.39 is 23.3 Å². The first-order chi connectivity index (χ1) is 12.3. The van der Waals surface area contributed by atoms with E-state index in [1.807, 2.05) is 0 Å². The third kappa shape index (κ3) is 5.02. The number of benzene rings is 2. The van der Waals surface area contributed by atoms with Crippen molar-refractivity contribution in [2.24, 2.45) is 0 Å². The maximum Gasteiger partial charge on any atom is 0.425 e. The second-order valence-electron chi connectivity index (χ2n) is 7.18. The molecule has 2 rings (SSSR count). The van der Waals surface area contributed by atoms with Crippen LogP contribution in [-0.2, 0) is 21.6 Å². The van der Waals surface area contributed by atoms with Crippen molar-refractivity contribution >= 4 is 17.6 Å². The van der Waals surface area contributed by atoms with Crippen LogP contribution in [0.1, 0.15) is 37.5 Å². The molecule has 3 nitrogen and oxygen atoms in total. The van der Waals surface area contributed by atoms with Crippen LogP contribution in [0.25, 0.3) is 0 Å². The van der Waals surface area contributed by atoms with Gasteiger partial charge in [0.2, 0.25) is 5.60 Å². The lowest BCUT2D eigenvalue weighted by atomic mass is 9.85. The summed E-state index contributed by atoms with van der Waals surface area (Å²) in [7, 11) is 0. The molecule has 0 amide bonds. The van der Waals surface area contributed by atoms with Crippen molar-refractivity contribution in [1.82, 2.24) is 0 Å². The minimum Gasteiger partial charge on any atom is -0.460 e. The smallest absolute Gasteiger partial charge is 0.425 e. The van der Waals surface area contributed by atoms with Gasteiger partial charge in [-0.05, 0) is 49.6 Å². The largest absolute Gasteiger partial charge is 0.460 e. The molecule has 0 fully saturated rings. The van der Waals surface area contributed by atoms with Crippen LogP contribution in [0.2, 0.25) is 5.02 Å². The summed E-state index contributed by atoms with van der Waals surface area (Å²) in [4.78, 5) is 11.9. The Morgan fingerprint density at radius 1 is 0.963 bits per heavy atom. The summed E-state index contributed by atoms with van der Waals surface area (Å²) in [6, 6.07) is 9.87. The second-order valence-corrected chi connectivity index (χ2v) is 7.61. The van der Waals surface area contributed by atoms with Gasteiger partial charge in [0.15, 0.2) is 0 Å². The average molecular weight is 401 g/mol. The van der Waals surface area contributed by atoms with Gasteiger partial charge in [0.05, 0.1) is 6.42 Å². The maximum absolute atomic E-state index is 13.7. The lowest BCUT2D eigenvalue weighted by Gasteiger charge is -2.31. The number of carbonyl (C=O) groups excluding carboxylic acids is 1. The number of esters is 1. The van der Waals surface area contributed by atoms with Crippen LogP contribution in [0.15, 0.2) is 48.5 Å². The minimum absolute atomic E-state index is 0.0804. The maximum atomic E-state index is 13.7. The molecule has 0 heterocycles. The zero-order valence-corrected chi connectivity index (χ0v) is 15.9. The van der Waals surface area contributed by atoms with E-state index in [9.17, 15) is 23.1 Å². The molecule has 1 atom stereocenters. The Morgan fingerprint density at radius 3 is 1.81 bits per heavy atom. The number of ether oxygens (including phenoxy) is 1. The van der Waals surface area contributed by atoms with E-state index in [0.29, 0.717) is 5.56 Å². The molecule has 0 aliphatic carbocycles. The van der Waals surface area contributed by atoms with Crippen molar-refractivity contribution in [2.75, 3.05) is 0 Å². The van der Waals surface area contributed by atoms with Crippen molar-refractivity contribution in [1.29, 1.82) is 0 Å². The van der Waals surface area contributed by atoms with Gasteiger partial charge in [0.25, 0.3) is 0 Å². The van der Waals surface area contributed by atoms with Crippen molar-refractivity contribution in [3.63, 3.8) is 0 Å². The lowest BCUT2D eigenvalue weighted by molar-refractivity contribution is -0.248. The van der Waals surface area contributed by atoms with E-state index in [1.54, 1.807) is 20.8 Å². The Balaban J connectivity index is 2.33. The molecule has 0 saturated heterocycles. The number of hydrogen-bond acceptors (Lipinski definition) is 3. The number of alkyl halides is 3. The Bertz CT molecular complexity index is 793. The summed E-state index contributed by atoms with van der Waals surface area (Å²) >= 11 is 5.73. The molecule has 1 unspecified atom stereocenters. The summed E-state index contributed by atoms with van der Waals surface area (Å²) < 4.78 is 46.3. The summed E-state index contributed by atoms with van der Waals surface area (Å²) in [5.74, 6) is -0.487. The predicted molar refractivity (Wildman–Crippen MR) is 96.5 cm³/mol. The van der Waals surface area contributed by atoms with Gasteiger partial charge in [0, 0.05) is 5.02 Å². The van der Waals surface area contributed by atoms with Crippen molar-refractivity contribution < 1.29 is 27.8 Å². The van der Waals surface area contributed by atoms with Gasteiger partial charge in [-0.3, -0.25) is 4.79 Å². The summed E-state index contributed by atoms with van der Waals surface area (Å²) in [6.45, 7) is 5.18. The van der Waals surface area contributed by atoms with E-state index in [2.05, 4.69) is 0 Å². The highest BCUT2D eigenvalue weighted by Gasteiger charge is 2.56. The summed E-state index contributed by atoms with van der Waals surface area (Å²) in [6.07, 6.45) is -5.03. The van der Waals surface area contributed by atoms with Gasteiger partial charge in [-0.2, -0.15) is 13.2 Å². The third-order valence-corrected chi connectivity index (χ3v) is 4.06. The van der Waals surface area contributed by atoms with E-state index >= 15 is 0 Å². The molecular weight excluding hydrogens is 381 g/mol. The van der Waals surface area contributed by atoms with Crippen molar-refractivity contribution in [3.05, 3.63) is 70.2 Å². The van der Waals surface area contributed by atoms with Crippen LogP contribution >= 0.6 is 11.6 Å². The van der Waals surface area contributed by atoms with Gasteiger partial charge < -0.3 is 9.84 Å². The van der Waals surface area contributed by atoms with E-state index in [4.69, 9.17) is 16.3 Å². The van der Waals surface area contributed by atoms with Crippen LogP contribution in [0.3, 0.4) is 0 Å². The predicted octanol–water partition coefficient (Wildman–Crippen LogP) is 5.02. The summed E-state index contributed by atoms with van der Waals surface area (Å²) in [5, 5.41) is 10.8. The fourth-order valence-corrected chi connectivity index (χ4v) is 2.72. The van der Waals surface area contributed by atoms with Gasteiger partial charge in [0.1, 0.15) is 5.60 Å². The molecule has 0 saturated carbocycles. The second kappa shape index (κ2) is 7.52. The van der Waals surface area contributed by atoms with E-state index in [0.717, 1.165) is 24.3 Å². The molecule has 0 aliphatic rings. The monoisotopic (exact) mass is 400 g/mol. The minimum atomic E-state index is -4.95. The molecule has 0 radical (unpaired) electrons. The normalized spacial score (nSPS) is 14.5. The van der Waals surface area contributed by atoms with Gasteiger partial charge in [-0.15, -0.1) is 0 Å². The first-order valence-corrected chi connectivity index (χ1v) is 8.57. The van der Waals surface area contributed by atoms with Gasteiger partial charge in [-0.25, -0.2) is 0 Å². The number of rotatable bonds is 4. The van der Waals surface area contributed by atoms with E-state index in [-0.39, 0.29) is 22.6 Å². The highest BCUT2D eigenvalue weighted by atomic mass is 35.5. The van der Waals surface area contributed by atoms with Crippen LogP contribution < -0.4 is 0 Å². The van der Waals surface area contributed by atoms with Crippen LogP contribution in [0, 0.1) is 0 Å². The Morgan fingerprint density at radius 2 is 1.41 bits per heavy atom. The molecule has 0 aromatic heterocycles. The fraction of sp³-hybridized carbons (Fsp3) is 0.350. The number of aliphatic hydroxyl groups is 1. The van der Waals surface area contributed by atoms with Gasteiger partial charge >= 0.3 is 12.1 Å². The van der Waals surface area contributed by atoms with Gasteiger partial charge in [-0.1, -0.05) is 48.0 Å². The highest BCUT2D eigenvalue weighted by molar-refractivity contribution is 6.30. The first kappa shape index (κ1) is 21.3. The van der Waals surface area contributed by atoms with Crippen LogP contribution in [0.4, 0.5) is 13.2 Å². The molecule has 0 bridgehead atoms. The lowest BCUT2D eigenvalue weighted by Crippen LogP contribution is -2.43. The van der Waals surface area contributed by atoms with Crippen LogP contribution in [-0.4, -0.2) is 22.9 Å². The highest BCUT2D eigenvalue weighted by Crippen LogP contribution is 2.44. The number of carbonyl (C=O) groups is 1. The zero-order chi connectivity index (χ0) is 20.5. The molecule has 2 aromatic rings. The molecule has 7 heteroatoms. The molecule has 27 heavy (non-hydrogen) atoms. The quantitative estimate of drug-likeness (QED) is 0.733. The SMILES string of the molecule is CC(C)(C)OC(=O)Cc1ccc(C(O)(c2ccc(Cl)cc2)C(F)(F)F)cc1. The standard InChI is InChI=1S/C20H20ClF3O3/c1-18(2,3)27-17(25)12-13-4-6-14(7-5-13)19(26,20(22,23)24)15-8-10-16(21)11-9-15/h4-11,26H,12H2,1-3H3. The molecule has 1 N–H and O–H groups in total. The van der Waals surface area contributed by atoms with Crippen molar-refractivity contribution in [3.8, 4) is 0 Å². The van der Waals surface area contributed by atoms with Crippen molar-refractivity contribution in [2.45, 2.75) is 44.6 Å². The molecule has 2 aromatic carbocycles. The first-order valence-electron chi connectivity index (χ1n) is 8.19. The fourth-order valence-electron chi connectivity index (χ4n) is 2.59. The number of hydrogen-bond donors (Lipinski definition) is 1. The molecule has 0 aliphatic heterocycles. The zero-order valence-electron chi connectivity index (χ0n) is 15.1. The topological polar surface area (TPSA) is 46.5 Å². The molecule has 146 valence electrons. The Labute approximate surface area is 160 Å².